The zero-order chi connectivity index (χ0) is 14.1. The fraction of sp³-hybridized carbons (Fsp3) is 0.385. The molecule has 0 saturated carbocycles. The molecule has 1 N–H and O–H groups in total. The minimum Gasteiger partial charge on any atom is -0.482 e. The quantitative estimate of drug-likeness (QED) is 0.616. The second-order valence-electron chi connectivity index (χ2n) is 3.73. The molecular weight excluding hydrogens is 270 g/mol. The van der Waals surface area contributed by atoms with Crippen LogP contribution in [0.1, 0.15) is 12.8 Å². The van der Waals surface area contributed by atoms with E-state index < -0.39 is 5.97 Å². The van der Waals surface area contributed by atoms with Crippen LogP contribution in [0.3, 0.4) is 0 Å². The molecule has 1 amide bonds. The van der Waals surface area contributed by atoms with E-state index in [1.165, 1.54) is 7.11 Å². The van der Waals surface area contributed by atoms with Crippen LogP contribution in [0, 0.1) is 0 Å². The second kappa shape index (κ2) is 8.37. The van der Waals surface area contributed by atoms with Crippen molar-refractivity contribution in [1.82, 2.24) is 0 Å². The summed E-state index contributed by atoms with van der Waals surface area (Å²) in [6.45, 7) is -0.141. The predicted octanol–water partition coefficient (Wildman–Crippen LogP) is 2.20. The van der Waals surface area contributed by atoms with E-state index in [0.717, 1.165) is 0 Å². The SMILES string of the molecule is COC(=O)COc1ccc(NC(=O)CCCCl)cc1. The molecular formula is C13H16ClNO4. The number of esters is 1. The number of benzene rings is 1. The molecule has 0 atom stereocenters. The highest BCUT2D eigenvalue weighted by molar-refractivity contribution is 6.18. The first kappa shape index (κ1) is 15.3. The lowest BCUT2D eigenvalue weighted by Gasteiger charge is -2.07. The van der Waals surface area contributed by atoms with E-state index in [2.05, 4.69) is 10.1 Å². The van der Waals surface area contributed by atoms with Crippen LogP contribution in [0.15, 0.2) is 24.3 Å². The highest BCUT2D eigenvalue weighted by atomic mass is 35.5. The molecule has 104 valence electrons. The molecule has 0 unspecified atom stereocenters. The molecule has 0 aliphatic carbocycles. The van der Waals surface area contributed by atoms with Crippen molar-refractivity contribution in [2.45, 2.75) is 12.8 Å². The van der Waals surface area contributed by atoms with E-state index >= 15 is 0 Å². The number of hydrogen-bond acceptors (Lipinski definition) is 4. The number of alkyl halides is 1. The third kappa shape index (κ3) is 6.10. The van der Waals surface area contributed by atoms with Crippen LogP contribution < -0.4 is 10.1 Å². The summed E-state index contributed by atoms with van der Waals surface area (Å²) in [5.41, 5.74) is 0.671. The van der Waals surface area contributed by atoms with Gasteiger partial charge in [0.25, 0.3) is 0 Å². The maximum Gasteiger partial charge on any atom is 0.343 e. The van der Waals surface area contributed by atoms with Gasteiger partial charge >= 0.3 is 5.97 Å². The van der Waals surface area contributed by atoms with Gasteiger partial charge in [-0.15, -0.1) is 11.6 Å². The van der Waals surface area contributed by atoms with Crippen molar-refractivity contribution in [1.29, 1.82) is 0 Å². The van der Waals surface area contributed by atoms with Gasteiger partial charge in [-0.2, -0.15) is 0 Å². The van der Waals surface area contributed by atoms with Gasteiger partial charge in [-0.3, -0.25) is 4.79 Å². The van der Waals surface area contributed by atoms with Gasteiger partial charge in [0.1, 0.15) is 5.75 Å². The molecule has 1 aromatic rings. The lowest BCUT2D eigenvalue weighted by Crippen LogP contribution is -2.13. The van der Waals surface area contributed by atoms with Gasteiger partial charge in [0.05, 0.1) is 7.11 Å². The number of amides is 1. The minimum absolute atomic E-state index is 0.0797. The number of anilines is 1. The number of carbonyl (C=O) groups is 2. The Hall–Kier alpha value is -1.75. The Morgan fingerprint density at radius 1 is 1.26 bits per heavy atom. The van der Waals surface area contributed by atoms with Crippen LogP contribution in [0.5, 0.6) is 5.75 Å². The number of ether oxygens (including phenoxy) is 2. The Bertz CT molecular complexity index is 419. The smallest absolute Gasteiger partial charge is 0.343 e. The molecule has 0 aliphatic rings. The normalized spacial score (nSPS) is 9.79. The Morgan fingerprint density at radius 2 is 1.95 bits per heavy atom. The van der Waals surface area contributed by atoms with E-state index in [-0.39, 0.29) is 12.5 Å². The summed E-state index contributed by atoms with van der Waals surface area (Å²) in [6.07, 6.45) is 1.04. The molecule has 1 rings (SSSR count). The van der Waals surface area contributed by atoms with Crippen LogP contribution in [0.4, 0.5) is 5.69 Å². The molecule has 0 aliphatic heterocycles. The molecule has 0 saturated heterocycles. The van der Waals surface area contributed by atoms with Gasteiger partial charge in [0, 0.05) is 18.0 Å². The van der Waals surface area contributed by atoms with Crippen LogP contribution in [0.2, 0.25) is 0 Å². The van der Waals surface area contributed by atoms with Crippen molar-refractivity contribution in [3.63, 3.8) is 0 Å². The van der Waals surface area contributed by atoms with E-state index in [1.54, 1.807) is 24.3 Å². The van der Waals surface area contributed by atoms with Gasteiger partial charge in [-0.1, -0.05) is 0 Å². The highest BCUT2D eigenvalue weighted by Crippen LogP contribution is 2.16. The van der Waals surface area contributed by atoms with Gasteiger partial charge in [-0.05, 0) is 30.7 Å². The summed E-state index contributed by atoms with van der Waals surface area (Å²) in [6, 6.07) is 6.73. The summed E-state index contributed by atoms with van der Waals surface area (Å²) in [7, 11) is 1.30. The first-order valence-corrected chi connectivity index (χ1v) is 6.34. The summed E-state index contributed by atoms with van der Waals surface area (Å²) in [5, 5.41) is 2.74. The molecule has 5 nitrogen and oxygen atoms in total. The van der Waals surface area contributed by atoms with E-state index in [4.69, 9.17) is 16.3 Å². The molecule has 0 spiro atoms. The van der Waals surface area contributed by atoms with Crippen molar-refractivity contribution in [3.05, 3.63) is 24.3 Å². The molecule has 0 radical (unpaired) electrons. The van der Waals surface area contributed by atoms with Gasteiger partial charge in [-0.25, -0.2) is 4.79 Å². The molecule has 1 aromatic carbocycles. The third-order valence-electron chi connectivity index (χ3n) is 2.26. The van der Waals surface area contributed by atoms with Crippen molar-refractivity contribution < 1.29 is 19.1 Å². The fourth-order valence-electron chi connectivity index (χ4n) is 1.29. The number of methoxy groups -OCH3 is 1. The van der Waals surface area contributed by atoms with Crippen LogP contribution in [-0.2, 0) is 14.3 Å². The van der Waals surface area contributed by atoms with Crippen LogP contribution in [-0.4, -0.2) is 31.5 Å². The molecule has 19 heavy (non-hydrogen) atoms. The third-order valence-corrected chi connectivity index (χ3v) is 2.53. The molecule has 0 bridgehead atoms. The average Bonchev–Trinajstić information content (AvgIpc) is 2.44. The van der Waals surface area contributed by atoms with Crippen molar-refractivity contribution in [2.75, 3.05) is 24.9 Å². The minimum atomic E-state index is -0.446. The lowest BCUT2D eigenvalue weighted by atomic mass is 10.2. The van der Waals surface area contributed by atoms with Gasteiger partial charge in [0.15, 0.2) is 6.61 Å². The number of halogens is 1. The lowest BCUT2D eigenvalue weighted by molar-refractivity contribution is -0.142. The summed E-state index contributed by atoms with van der Waals surface area (Å²) < 4.78 is 9.63. The predicted molar refractivity (Wildman–Crippen MR) is 72.5 cm³/mol. The van der Waals surface area contributed by atoms with Crippen LogP contribution in [0.25, 0.3) is 0 Å². The largest absolute Gasteiger partial charge is 0.482 e. The van der Waals surface area contributed by atoms with Crippen molar-refractivity contribution in [2.24, 2.45) is 0 Å². The number of nitrogens with one attached hydrogen (secondary N) is 1. The van der Waals surface area contributed by atoms with Gasteiger partial charge in [0.2, 0.25) is 5.91 Å². The number of rotatable bonds is 7. The maximum absolute atomic E-state index is 11.4. The maximum atomic E-state index is 11.4. The van der Waals surface area contributed by atoms with Crippen molar-refractivity contribution in [3.8, 4) is 5.75 Å². The first-order valence-electron chi connectivity index (χ1n) is 5.81. The standard InChI is InChI=1S/C13H16ClNO4/c1-18-13(17)9-19-11-6-4-10(5-7-11)15-12(16)3-2-8-14/h4-7H,2-3,8-9H2,1H3,(H,15,16). The summed E-state index contributed by atoms with van der Waals surface area (Å²) in [5.74, 6) is 0.472. The summed E-state index contributed by atoms with van der Waals surface area (Å²) in [4.78, 5) is 22.3. The monoisotopic (exact) mass is 285 g/mol. The molecule has 0 fully saturated rings. The highest BCUT2D eigenvalue weighted by Gasteiger charge is 2.04. The number of hydrogen-bond donors (Lipinski definition) is 1. The van der Waals surface area contributed by atoms with Gasteiger partial charge < -0.3 is 14.8 Å². The second-order valence-corrected chi connectivity index (χ2v) is 4.11. The number of carbonyl (C=O) groups excluding carboxylic acids is 2. The average molecular weight is 286 g/mol. The van der Waals surface area contributed by atoms with E-state index in [0.29, 0.717) is 30.2 Å². The zero-order valence-electron chi connectivity index (χ0n) is 10.6. The Labute approximate surface area is 116 Å². The zero-order valence-corrected chi connectivity index (χ0v) is 11.4. The topological polar surface area (TPSA) is 64.6 Å². The Kier molecular flexibility index (Phi) is 6.74. The molecule has 0 aromatic heterocycles. The van der Waals surface area contributed by atoms with E-state index in [9.17, 15) is 9.59 Å². The Morgan fingerprint density at radius 3 is 2.53 bits per heavy atom. The first-order chi connectivity index (χ1) is 9.15. The van der Waals surface area contributed by atoms with Crippen LogP contribution >= 0.6 is 11.6 Å². The molecule has 6 heteroatoms. The van der Waals surface area contributed by atoms with E-state index in [1.807, 2.05) is 0 Å². The van der Waals surface area contributed by atoms with Crippen molar-refractivity contribution >= 4 is 29.2 Å². The summed E-state index contributed by atoms with van der Waals surface area (Å²) >= 11 is 5.51. The fourth-order valence-corrected chi connectivity index (χ4v) is 1.42. The molecule has 0 heterocycles. The Balaban J connectivity index is 2.43.